The van der Waals surface area contributed by atoms with E-state index in [-0.39, 0.29) is 6.10 Å². The smallest absolute Gasteiger partial charge is 0.140 e. The minimum Gasteiger partial charge on any atom is -0.484 e. The molecule has 0 aliphatic carbocycles. The molecule has 1 atom stereocenters. The van der Waals surface area contributed by atoms with Crippen LogP contribution in [0.25, 0.3) is 21.7 Å². The maximum absolute atomic E-state index is 6.31. The summed E-state index contributed by atoms with van der Waals surface area (Å²) in [6.45, 7) is 5.87. The van der Waals surface area contributed by atoms with Gasteiger partial charge in [0.2, 0.25) is 0 Å². The van der Waals surface area contributed by atoms with Crippen molar-refractivity contribution in [1.82, 2.24) is 9.61 Å². The summed E-state index contributed by atoms with van der Waals surface area (Å²) in [7, 11) is 0. The predicted octanol–water partition coefficient (Wildman–Crippen LogP) is 5.79. The van der Waals surface area contributed by atoms with Crippen LogP contribution in [-0.2, 0) is 0 Å². The van der Waals surface area contributed by atoms with Crippen LogP contribution in [0, 0.1) is 0 Å². The average molecular weight is 396 g/mol. The van der Waals surface area contributed by atoms with Crippen molar-refractivity contribution in [1.29, 1.82) is 0 Å². The van der Waals surface area contributed by atoms with Crippen LogP contribution in [0.4, 0.5) is 0 Å². The third-order valence-electron chi connectivity index (χ3n) is 4.33. The monoisotopic (exact) mass is 395 g/mol. The van der Waals surface area contributed by atoms with Crippen LogP contribution in [0.2, 0.25) is 5.02 Å². The van der Waals surface area contributed by atoms with Crippen molar-refractivity contribution in [2.75, 3.05) is 0 Å². The van der Waals surface area contributed by atoms with Gasteiger partial charge >= 0.3 is 0 Å². The van der Waals surface area contributed by atoms with Gasteiger partial charge in [-0.05, 0) is 31.2 Å². The molecule has 0 radical (unpaired) electrons. The molecule has 2 N–H and O–H groups in total. The topological polar surface area (TPSA) is 52.5 Å². The molecule has 0 fully saturated rings. The summed E-state index contributed by atoms with van der Waals surface area (Å²) in [5.74, 6) is 0.699. The summed E-state index contributed by atoms with van der Waals surface area (Å²) in [4.78, 5) is 1.85. The highest BCUT2D eigenvalue weighted by atomic mass is 35.5. The Kier molecular flexibility index (Phi) is 4.64. The third kappa shape index (κ3) is 3.31. The molecule has 0 aliphatic rings. The van der Waals surface area contributed by atoms with E-state index in [1.54, 1.807) is 11.3 Å². The Morgan fingerprint density at radius 1 is 1.26 bits per heavy atom. The lowest BCUT2D eigenvalue weighted by atomic mass is 10.1. The molecule has 0 spiro atoms. The number of nitrogens with zero attached hydrogens (tertiary/aromatic N) is 2. The molecule has 27 heavy (non-hydrogen) atoms. The molecular formula is C21H18ClN3OS. The maximum Gasteiger partial charge on any atom is 0.140 e. The Balaban J connectivity index is 1.73. The molecule has 6 heteroatoms. The number of halogens is 1. The Bertz CT molecular complexity index is 1130. The molecule has 3 aromatic heterocycles. The van der Waals surface area contributed by atoms with Crippen LogP contribution < -0.4 is 10.5 Å². The van der Waals surface area contributed by atoms with Crippen LogP contribution >= 0.6 is 22.9 Å². The van der Waals surface area contributed by atoms with Crippen molar-refractivity contribution in [2.24, 2.45) is 5.73 Å². The average Bonchev–Trinajstić information content (AvgIpc) is 3.26. The zero-order chi connectivity index (χ0) is 19.0. The minimum atomic E-state index is -0.219. The molecule has 1 unspecified atom stereocenters. The fourth-order valence-electron chi connectivity index (χ4n) is 3.00. The number of rotatable bonds is 5. The number of ether oxygens (including phenoxy) is 1. The van der Waals surface area contributed by atoms with Gasteiger partial charge < -0.3 is 10.5 Å². The van der Waals surface area contributed by atoms with Gasteiger partial charge in [-0.25, -0.2) is 4.52 Å². The largest absolute Gasteiger partial charge is 0.484 e. The third-order valence-corrected chi connectivity index (χ3v) is 5.90. The quantitative estimate of drug-likeness (QED) is 0.465. The van der Waals surface area contributed by atoms with Gasteiger partial charge in [0.1, 0.15) is 11.9 Å². The standard InChI is InChI=1S/C21H18ClN3OS/c1-13(23)21-19(26-14(2)15-7-3-4-8-17(15)22)11-20(27-21)16-12-24-25-10-6-5-9-18(16)25/h3-12,14H,1,23H2,2H3. The van der Waals surface area contributed by atoms with E-state index in [0.29, 0.717) is 16.5 Å². The van der Waals surface area contributed by atoms with Gasteiger partial charge in [-0.3, -0.25) is 0 Å². The maximum atomic E-state index is 6.31. The summed E-state index contributed by atoms with van der Waals surface area (Å²) in [5.41, 5.74) is 9.49. The fraction of sp³-hybridized carbons (Fsp3) is 0.0952. The van der Waals surface area contributed by atoms with Crippen LogP contribution in [0.1, 0.15) is 23.5 Å². The zero-order valence-electron chi connectivity index (χ0n) is 14.7. The number of pyridine rings is 1. The van der Waals surface area contributed by atoms with Gasteiger partial charge in [-0.15, -0.1) is 11.3 Å². The van der Waals surface area contributed by atoms with Crippen LogP contribution in [0.5, 0.6) is 5.75 Å². The number of fused-ring (bicyclic) bond motifs is 1. The lowest BCUT2D eigenvalue weighted by Crippen LogP contribution is -2.05. The molecule has 0 bridgehead atoms. The second-order valence-electron chi connectivity index (χ2n) is 6.20. The number of hydrogen-bond acceptors (Lipinski definition) is 4. The molecular weight excluding hydrogens is 378 g/mol. The van der Waals surface area contributed by atoms with Crippen molar-refractivity contribution in [3.8, 4) is 16.2 Å². The molecule has 0 saturated heterocycles. The molecule has 4 nitrogen and oxygen atoms in total. The second kappa shape index (κ2) is 7.10. The number of thiophene rings is 1. The van der Waals surface area contributed by atoms with Gasteiger partial charge in [-0.2, -0.15) is 5.10 Å². The van der Waals surface area contributed by atoms with E-state index in [9.17, 15) is 0 Å². The van der Waals surface area contributed by atoms with Crippen molar-refractivity contribution in [3.05, 3.63) is 83.0 Å². The molecule has 0 amide bonds. The van der Waals surface area contributed by atoms with Crippen LogP contribution in [0.15, 0.2) is 67.5 Å². The van der Waals surface area contributed by atoms with Crippen LogP contribution in [0.3, 0.4) is 0 Å². The molecule has 1 aromatic carbocycles. The number of hydrogen-bond donors (Lipinski definition) is 1. The SMILES string of the molecule is C=C(N)c1sc(-c2cnn3ccccc23)cc1OC(C)c1ccccc1Cl. The first kappa shape index (κ1) is 17.6. The summed E-state index contributed by atoms with van der Waals surface area (Å²) in [5, 5.41) is 5.09. The lowest BCUT2D eigenvalue weighted by Gasteiger charge is -2.16. The highest BCUT2D eigenvalue weighted by molar-refractivity contribution is 7.17. The van der Waals surface area contributed by atoms with Gasteiger partial charge in [-0.1, -0.05) is 42.4 Å². The Labute approximate surface area is 166 Å². The summed E-state index contributed by atoms with van der Waals surface area (Å²) >= 11 is 7.85. The molecule has 3 heterocycles. The predicted molar refractivity (Wildman–Crippen MR) is 112 cm³/mol. The van der Waals surface area contributed by atoms with E-state index < -0.39 is 0 Å². The van der Waals surface area contributed by atoms with E-state index >= 15 is 0 Å². The zero-order valence-corrected chi connectivity index (χ0v) is 16.3. The van der Waals surface area contributed by atoms with E-state index in [1.807, 2.05) is 72.4 Å². The first-order chi connectivity index (χ1) is 13.0. The second-order valence-corrected chi connectivity index (χ2v) is 7.66. The fourth-order valence-corrected chi connectivity index (χ4v) is 4.28. The number of nitrogens with two attached hydrogens (primary N) is 1. The normalized spacial score (nSPS) is 12.2. The summed E-state index contributed by atoms with van der Waals surface area (Å²) < 4.78 is 8.07. The molecule has 0 saturated carbocycles. The highest BCUT2D eigenvalue weighted by Crippen LogP contribution is 2.42. The van der Waals surface area contributed by atoms with Gasteiger partial charge in [0, 0.05) is 32.9 Å². The Morgan fingerprint density at radius 2 is 2.04 bits per heavy atom. The van der Waals surface area contributed by atoms with Crippen molar-refractivity contribution < 1.29 is 4.74 Å². The van der Waals surface area contributed by atoms with Crippen LogP contribution in [-0.4, -0.2) is 9.61 Å². The molecule has 4 aromatic rings. The first-order valence-electron chi connectivity index (χ1n) is 8.47. The van der Waals surface area contributed by atoms with Gasteiger partial charge in [0.15, 0.2) is 0 Å². The van der Waals surface area contributed by atoms with Crippen molar-refractivity contribution in [2.45, 2.75) is 13.0 Å². The van der Waals surface area contributed by atoms with E-state index in [4.69, 9.17) is 22.1 Å². The molecule has 4 rings (SSSR count). The van der Waals surface area contributed by atoms with Crippen molar-refractivity contribution >= 4 is 34.2 Å². The minimum absolute atomic E-state index is 0.219. The summed E-state index contributed by atoms with van der Waals surface area (Å²) in [6, 6.07) is 15.6. The molecule has 0 aliphatic heterocycles. The number of aromatic nitrogens is 2. The summed E-state index contributed by atoms with van der Waals surface area (Å²) in [6.07, 6.45) is 3.56. The van der Waals surface area contributed by atoms with Gasteiger partial charge in [0.25, 0.3) is 0 Å². The number of benzene rings is 1. The van der Waals surface area contributed by atoms with E-state index in [0.717, 1.165) is 26.4 Å². The first-order valence-corrected chi connectivity index (χ1v) is 9.66. The van der Waals surface area contributed by atoms with E-state index in [2.05, 4.69) is 11.7 Å². The highest BCUT2D eigenvalue weighted by Gasteiger charge is 2.19. The van der Waals surface area contributed by atoms with Crippen molar-refractivity contribution in [3.63, 3.8) is 0 Å². The molecule has 136 valence electrons. The van der Waals surface area contributed by atoms with Gasteiger partial charge in [0.05, 0.1) is 16.6 Å². The van der Waals surface area contributed by atoms with E-state index in [1.165, 1.54) is 0 Å². The Hall–Kier alpha value is -2.76. The lowest BCUT2D eigenvalue weighted by molar-refractivity contribution is 0.227. The Morgan fingerprint density at radius 3 is 2.81 bits per heavy atom.